The van der Waals surface area contributed by atoms with E-state index < -0.39 is 46.5 Å². The summed E-state index contributed by atoms with van der Waals surface area (Å²) in [7, 11) is 0. The number of carbonyl (C=O) groups excluding carboxylic acids is 2. The zero-order valence-corrected chi connectivity index (χ0v) is 16.0. The van der Waals surface area contributed by atoms with E-state index in [0.29, 0.717) is 31.0 Å². The van der Waals surface area contributed by atoms with Crippen LogP contribution < -0.4 is 0 Å². The van der Waals surface area contributed by atoms with Gasteiger partial charge in [0, 0.05) is 23.6 Å². The Hall–Kier alpha value is -2.12. The summed E-state index contributed by atoms with van der Waals surface area (Å²) in [4.78, 5) is 26.9. The molecule has 2 atom stereocenters. The van der Waals surface area contributed by atoms with E-state index in [9.17, 15) is 27.2 Å². The molecule has 0 spiro atoms. The van der Waals surface area contributed by atoms with E-state index in [1.54, 1.807) is 25.7 Å². The van der Waals surface area contributed by atoms with Crippen LogP contribution in [-0.2, 0) is 10.9 Å². The Morgan fingerprint density at radius 3 is 2.14 bits per heavy atom. The lowest BCUT2D eigenvalue weighted by molar-refractivity contribution is -0.138. The number of benzene rings is 1. The number of hydrogen-bond donors (Lipinski definition) is 0. The predicted molar refractivity (Wildman–Crippen MR) is 93.3 cm³/mol. The first-order valence-electron chi connectivity index (χ1n) is 9.29. The maximum Gasteiger partial charge on any atom is 0.417 e. The topological polar surface area (TPSA) is 46.6 Å². The number of alkyl halides is 3. The summed E-state index contributed by atoms with van der Waals surface area (Å²) in [6, 6.07) is 1.45. The molecule has 0 saturated carbocycles. The van der Waals surface area contributed by atoms with Gasteiger partial charge in [-0.15, -0.1) is 0 Å². The van der Waals surface area contributed by atoms with Crippen molar-refractivity contribution in [1.29, 1.82) is 0 Å². The molecule has 0 N–H and O–H groups in total. The molecule has 1 aromatic carbocycles. The molecule has 3 rings (SSSR count). The number of rotatable bonds is 2. The number of ketones is 1. The molecular weight excluding hydrogens is 378 g/mol. The third-order valence-electron chi connectivity index (χ3n) is 5.26. The average molecular weight is 401 g/mol. The van der Waals surface area contributed by atoms with Crippen molar-refractivity contribution in [3.63, 3.8) is 0 Å². The Morgan fingerprint density at radius 1 is 1.07 bits per heavy atom. The molecule has 1 aromatic rings. The van der Waals surface area contributed by atoms with Crippen LogP contribution in [0.15, 0.2) is 18.2 Å². The molecule has 8 heteroatoms. The number of piperidine rings is 1. The summed E-state index contributed by atoms with van der Waals surface area (Å²) in [5, 5.41) is 0. The number of carbonyl (C=O) groups is 2. The Bertz CT molecular complexity index is 771. The summed E-state index contributed by atoms with van der Waals surface area (Å²) < 4.78 is 58.8. The molecular formula is C20H23F4NO3. The van der Waals surface area contributed by atoms with Gasteiger partial charge in [0.1, 0.15) is 11.4 Å². The van der Waals surface area contributed by atoms with Gasteiger partial charge in [-0.1, -0.05) is 0 Å². The molecule has 2 fully saturated rings. The molecule has 0 aromatic heterocycles. The highest BCUT2D eigenvalue weighted by Gasteiger charge is 2.47. The highest BCUT2D eigenvalue weighted by atomic mass is 19.4. The van der Waals surface area contributed by atoms with Gasteiger partial charge >= 0.3 is 12.3 Å². The van der Waals surface area contributed by atoms with Crippen LogP contribution in [0.4, 0.5) is 22.4 Å². The zero-order chi connectivity index (χ0) is 20.9. The Balaban J connectivity index is 1.81. The summed E-state index contributed by atoms with van der Waals surface area (Å²) in [6.45, 7) is 5.27. The second-order valence-electron chi connectivity index (χ2n) is 8.49. The Kier molecular flexibility index (Phi) is 5.18. The van der Waals surface area contributed by atoms with Crippen LogP contribution in [0.5, 0.6) is 0 Å². The molecule has 2 saturated heterocycles. The van der Waals surface area contributed by atoms with E-state index in [4.69, 9.17) is 4.74 Å². The standard InChI is InChI=1S/C20H23F4NO3/c1-19(2,3)28-18(27)25-13-5-6-14(25)9-11(8-13)17(26)15-10-12(21)4-7-16(15)20(22,23)24/h4,7,10-11,13-14H,5-6,8-9H2,1-3H3. The molecule has 154 valence electrons. The van der Waals surface area contributed by atoms with Gasteiger partial charge in [-0.3, -0.25) is 4.79 Å². The lowest BCUT2D eigenvalue weighted by Gasteiger charge is -2.39. The maximum absolute atomic E-state index is 13.6. The molecule has 2 unspecified atom stereocenters. The second kappa shape index (κ2) is 7.04. The van der Waals surface area contributed by atoms with Gasteiger partial charge in [-0.05, 0) is 64.7 Å². The van der Waals surface area contributed by atoms with Crippen molar-refractivity contribution in [2.45, 2.75) is 70.3 Å². The van der Waals surface area contributed by atoms with E-state index in [2.05, 4.69) is 0 Å². The van der Waals surface area contributed by atoms with Gasteiger partial charge in [0.05, 0.1) is 5.56 Å². The van der Waals surface area contributed by atoms with Crippen molar-refractivity contribution >= 4 is 11.9 Å². The first-order chi connectivity index (χ1) is 12.9. The second-order valence-corrected chi connectivity index (χ2v) is 8.49. The SMILES string of the molecule is CC(C)(C)OC(=O)N1C2CCC1CC(C(=O)c1cc(F)ccc1C(F)(F)F)C2. The number of fused-ring (bicyclic) bond motifs is 2. The highest BCUT2D eigenvalue weighted by molar-refractivity contribution is 5.99. The minimum atomic E-state index is -4.74. The van der Waals surface area contributed by atoms with Gasteiger partial charge in [-0.25, -0.2) is 9.18 Å². The average Bonchev–Trinajstić information content (AvgIpc) is 2.82. The monoisotopic (exact) mass is 401 g/mol. The fourth-order valence-corrected chi connectivity index (χ4v) is 4.19. The predicted octanol–water partition coefficient (Wildman–Crippen LogP) is 5.21. The van der Waals surface area contributed by atoms with E-state index >= 15 is 0 Å². The van der Waals surface area contributed by atoms with Crippen LogP contribution in [0, 0.1) is 11.7 Å². The normalized spacial score (nSPS) is 25.0. The van der Waals surface area contributed by atoms with Crippen molar-refractivity contribution in [2.24, 2.45) is 5.92 Å². The summed E-state index contributed by atoms with van der Waals surface area (Å²) in [5.41, 5.74) is -2.42. The van der Waals surface area contributed by atoms with Gasteiger partial charge in [0.15, 0.2) is 5.78 Å². The molecule has 0 radical (unpaired) electrons. The first-order valence-corrected chi connectivity index (χ1v) is 9.29. The first kappa shape index (κ1) is 20.6. The van der Waals surface area contributed by atoms with E-state index in [-0.39, 0.29) is 24.9 Å². The van der Waals surface area contributed by atoms with Crippen LogP contribution in [0.1, 0.15) is 62.4 Å². The molecule has 2 aliphatic heterocycles. The summed E-state index contributed by atoms with van der Waals surface area (Å²) >= 11 is 0. The van der Waals surface area contributed by atoms with Gasteiger partial charge in [-0.2, -0.15) is 13.2 Å². The minimum absolute atomic E-state index is 0.252. The lowest BCUT2D eigenvalue weighted by atomic mass is 9.83. The van der Waals surface area contributed by atoms with E-state index in [0.717, 1.165) is 0 Å². The van der Waals surface area contributed by atoms with Crippen LogP contribution >= 0.6 is 0 Å². The van der Waals surface area contributed by atoms with Crippen molar-refractivity contribution in [3.8, 4) is 0 Å². The zero-order valence-electron chi connectivity index (χ0n) is 16.0. The molecule has 2 bridgehead atoms. The molecule has 4 nitrogen and oxygen atoms in total. The third kappa shape index (κ3) is 4.15. The smallest absolute Gasteiger partial charge is 0.417 e. The third-order valence-corrected chi connectivity index (χ3v) is 5.26. The van der Waals surface area contributed by atoms with Crippen molar-refractivity contribution < 1.29 is 31.9 Å². The molecule has 2 aliphatic rings. The van der Waals surface area contributed by atoms with Crippen molar-refractivity contribution in [1.82, 2.24) is 4.90 Å². The quantitative estimate of drug-likeness (QED) is 0.505. The van der Waals surface area contributed by atoms with Crippen LogP contribution in [0.2, 0.25) is 0 Å². The lowest BCUT2D eigenvalue weighted by Crippen LogP contribution is -2.49. The number of halogens is 4. The minimum Gasteiger partial charge on any atom is -0.444 e. The fourth-order valence-electron chi connectivity index (χ4n) is 4.19. The van der Waals surface area contributed by atoms with E-state index in [1.807, 2.05) is 0 Å². The largest absolute Gasteiger partial charge is 0.444 e. The molecule has 1 amide bonds. The fraction of sp³-hybridized carbons (Fsp3) is 0.600. The summed E-state index contributed by atoms with van der Waals surface area (Å²) in [5.74, 6) is -2.28. The number of hydrogen-bond acceptors (Lipinski definition) is 3. The van der Waals surface area contributed by atoms with Crippen molar-refractivity contribution in [3.05, 3.63) is 35.1 Å². The van der Waals surface area contributed by atoms with Gasteiger partial charge in [0.2, 0.25) is 0 Å². The number of ether oxygens (including phenoxy) is 1. The molecule has 0 aliphatic carbocycles. The van der Waals surface area contributed by atoms with E-state index in [1.165, 1.54) is 0 Å². The Labute approximate surface area is 160 Å². The number of amides is 1. The Morgan fingerprint density at radius 2 is 1.64 bits per heavy atom. The van der Waals surface area contributed by atoms with Crippen molar-refractivity contribution in [2.75, 3.05) is 0 Å². The molecule has 28 heavy (non-hydrogen) atoms. The number of nitrogens with zero attached hydrogens (tertiary/aromatic N) is 1. The highest BCUT2D eigenvalue weighted by Crippen LogP contribution is 2.42. The van der Waals surface area contributed by atoms with Crippen LogP contribution in [-0.4, -0.2) is 34.5 Å². The maximum atomic E-state index is 13.6. The van der Waals surface area contributed by atoms with Gasteiger partial charge in [0.25, 0.3) is 0 Å². The molecule has 2 heterocycles. The van der Waals surface area contributed by atoms with Gasteiger partial charge < -0.3 is 9.64 Å². The van der Waals surface area contributed by atoms with Crippen LogP contribution in [0.3, 0.4) is 0 Å². The van der Waals surface area contributed by atoms with Crippen LogP contribution in [0.25, 0.3) is 0 Å². The summed E-state index contributed by atoms with van der Waals surface area (Å²) in [6.07, 6.45) is -3.36. The number of Topliss-reactive ketones (excluding diaryl/α,β-unsaturated/α-hetero) is 1.